The van der Waals surface area contributed by atoms with Crippen LogP contribution in [0.5, 0.6) is 0 Å². The van der Waals surface area contributed by atoms with Crippen molar-refractivity contribution in [2.45, 2.75) is 0 Å². The van der Waals surface area contributed by atoms with Crippen molar-refractivity contribution in [1.82, 2.24) is 0 Å². The van der Waals surface area contributed by atoms with Crippen molar-refractivity contribution in [2.75, 3.05) is 0 Å². The van der Waals surface area contributed by atoms with Gasteiger partial charge in [-0.25, -0.2) is 0 Å². The average molecular weight is 249 g/mol. The molecule has 0 nitrogen and oxygen atoms in total. The molecule has 0 fully saturated rings. The minimum absolute atomic E-state index is 1.13. The number of benzene rings is 2. The highest BCUT2D eigenvalue weighted by Crippen LogP contribution is 2.36. The summed E-state index contributed by atoms with van der Waals surface area (Å²) >= 11 is 1.75. The molecule has 87 valence electrons. The van der Waals surface area contributed by atoms with Crippen LogP contribution in [0, 0.1) is 6.92 Å². The van der Waals surface area contributed by atoms with Gasteiger partial charge in [-0.15, -0.1) is 11.3 Å². The lowest BCUT2D eigenvalue weighted by molar-refractivity contribution is 1.65. The Bertz CT molecular complexity index is 636. The fraction of sp³-hybridized carbons (Fsp3) is 0. The summed E-state index contributed by atoms with van der Waals surface area (Å²) < 4.78 is 0. The van der Waals surface area contributed by atoms with Gasteiger partial charge in [0.15, 0.2) is 0 Å². The Balaban J connectivity index is 2.07. The minimum atomic E-state index is 1.13. The first-order chi connectivity index (χ1) is 8.84. The largest absolute Gasteiger partial charge is 0.140 e. The Morgan fingerprint density at radius 2 is 1.28 bits per heavy atom. The Kier molecular flexibility index (Phi) is 2.99. The second kappa shape index (κ2) is 4.79. The third-order valence-corrected chi connectivity index (χ3v) is 3.99. The van der Waals surface area contributed by atoms with Crippen LogP contribution in [0.15, 0.2) is 66.7 Å². The predicted molar refractivity (Wildman–Crippen MR) is 79.7 cm³/mol. The van der Waals surface area contributed by atoms with E-state index in [4.69, 9.17) is 0 Å². The number of hydrogen-bond acceptors (Lipinski definition) is 1. The first kappa shape index (κ1) is 11.2. The maximum Gasteiger partial charge on any atom is 0.0352 e. The normalized spacial score (nSPS) is 10.5. The Labute approximate surface area is 112 Å². The van der Waals surface area contributed by atoms with Gasteiger partial charge in [-0.3, -0.25) is 0 Å². The molecular formula is C17H13S. The zero-order valence-electron chi connectivity index (χ0n) is 9.97. The summed E-state index contributed by atoms with van der Waals surface area (Å²) in [5, 5.41) is 0. The van der Waals surface area contributed by atoms with Gasteiger partial charge in [0.05, 0.1) is 0 Å². The van der Waals surface area contributed by atoms with E-state index in [-0.39, 0.29) is 0 Å². The van der Waals surface area contributed by atoms with Crippen LogP contribution in [0.4, 0.5) is 0 Å². The molecule has 0 amide bonds. The van der Waals surface area contributed by atoms with E-state index in [0.717, 1.165) is 4.88 Å². The van der Waals surface area contributed by atoms with Crippen LogP contribution in [0.2, 0.25) is 0 Å². The highest BCUT2D eigenvalue weighted by atomic mass is 32.1. The molecule has 18 heavy (non-hydrogen) atoms. The van der Waals surface area contributed by atoms with Crippen LogP contribution in [0.3, 0.4) is 0 Å². The molecule has 0 N–H and O–H groups in total. The van der Waals surface area contributed by atoms with Crippen molar-refractivity contribution in [3.05, 3.63) is 78.5 Å². The summed E-state index contributed by atoms with van der Waals surface area (Å²) in [4.78, 5) is 2.40. The zero-order chi connectivity index (χ0) is 12.4. The Morgan fingerprint density at radius 3 is 1.89 bits per heavy atom. The van der Waals surface area contributed by atoms with Gasteiger partial charge in [-0.2, -0.15) is 0 Å². The quantitative estimate of drug-likeness (QED) is 0.581. The van der Waals surface area contributed by atoms with E-state index in [1.54, 1.807) is 11.3 Å². The summed E-state index contributed by atoms with van der Waals surface area (Å²) in [6, 6.07) is 23.1. The van der Waals surface area contributed by atoms with E-state index >= 15 is 0 Å². The lowest BCUT2D eigenvalue weighted by atomic mass is 10.1. The fourth-order valence-corrected chi connectivity index (χ4v) is 3.02. The first-order valence-corrected chi connectivity index (χ1v) is 6.73. The lowest BCUT2D eigenvalue weighted by Crippen LogP contribution is -1.74. The second-order valence-corrected chi connectivity index (χ2v) is 5.32. The summed E-state index contributed by atoms with van der Waals surface area (Å²) in [5.74, 6) is 0. The van der Waals surface area contributed by atoms with Crippen molar-refractivity contribution in [3.8, 4) is 21.6 Å². The maximum absolute atomic E-state index is 4.16. The molecular weight excluding hydrogens is 236 g/mol. The molecule has 1 heteroatoms. The van der Waals surface area contributed by atoms with E-state index in [1.165, 1.54) is 21.6 Å². The van der Waals surface area contributed by atoms with Gasteiger partial charge in [0, 0.05) is 9.75 Å². The molecule has 0 unspecified atom stereocenters. The van der Waals surface area contributed by atoms with E-state index in [1.807, 2.05) is 12.1 Å². The summed E-state index contributed by atoms with van der Waals surface area (Å²) in [5.41, 5.74) is 3.73. The standard InChI is InChI=1S/C17H13S/c1-13-16(14-8-4-2-5-9-14)12-17(18-13)15-10-6-3-7-11-15/h2-12H,1H2. The van der Waals surface area contributed by atoms with Crippen molar-refractivity contribution < 1.29 is 0 Å². The van der Waals surface area contributed by atoms with E-state index in [9.17, 15) is 0 Å². The maximum atomic E-state index is 4.16. The van der Waals surface area contributed by atoms with Gasteiger partial charge in [-0.1, -0.05) is 60.7 Å². The molecule has 3 rings (SSSR count). The molecule has 0 aliphatic heterocycles. The minimum Gasteiger partial charge on any atom is -0.140 e. The first-order valence-electron chi connectivity index (χ1n) is 5.91. The van der Waals surface area contributed by atoms with Gasteiger partial charge >= 0.3 is 0 Å². The molecule has 2 aromatic carbocycles. The van der Waals surface area contributed by atoms with Crippen LogP contribution >= 0.6 is 11.3 Å². The summed E-state index contributed by atoms with van der Waals surface area (Å²) in [6.45, 7) is 4.16. The molecule has 0 aliphatic rings. The van der Waals surface area contributed by atoms with E-state index < -0.39 is 0 Å². The molecule has 0 saturated heterocycles. The summed E-state index contributed by atoms with van der Waals surface area (Å²) in [6.07, 6.45) is 0. The second-order valence-electron chi connectivity index (χ2n) is 4.18. The van der Waals surface area contributed by atoms with Crippen molar-refractivity contribution in [3.63, 3.8) is 0 Å². The topological polar surface area (TPSA) is 0 Å². The zero-order valence-corrected chi connectivity index (χ0v) is 10.8. The summed E-state index contributed by atoms with van der Waals surface area (Å²) in [7, 11) is 0. The molecule has 3 aromatic rings. The van der Waals surface area contributed by atoms with Gasteiger partial charge in [0.25, 0.3) is 0 Å². The van der Waals surface area contributed by atoms with Gasteiger partial charge in [0.2, 0.25) is 0 Å². The van der Waals surface area contributed by atoms with Crippen LogP contribution in [-0.4, -0.2) is 0 Å². The molecule has 0 saturated carbocycles. The van der Waals surface area contributed by atoms with Gasteiger partial charge in [0.1, 0.15) is 0 Å². The van der Waals surface area contributed by atoms with E-state index in [2.05, 4.69) is 61.5 Å². The highest BCUT2D eigenvalue weighted by Gasteiger charge is 2.08. The molecule has 0 spiro atoms. The predicted octanol–water partition coefficient (Wildman–Crippen LogP) is 5.26. The van der Waals surface area contributed by atoms with Crippen LogP contribution in [0.25, 0.3) is 21.6 Å². The molecule has 0 atom stereocenters. The number of rotatable bonds is 2. The average Bonchev–Trinajstić information content (AvgIpc) is 2.83. The Hall–Kier alpha value is -1.86. The van der Waals surface area contributed by atoms with Crippen LogP contribution in [0.1, 0.15) is 4.88 Å². The molecule has 1 radical (unpaired) electrons. The van der Waals surface area contributed by atoms with Crippen molar-refractivity contribution >= 4 is 11.3 Å². The third-order valence-electron chi connectivity index (χ3n) is 2.95. The highest BCUT2D eigenvalue weighted by molar-refractivity contribution is 7.16. The van der Waals surface area contributed by atoms with Crippen LogP contribution < -0.4 is 0 Å². The number of thiophene rings is 1. The van der Waals surface area contributed by atoms with E-state index in [0.29, 0.717) is 0 Å². The lowest BCUT2D eigenvalue weighted by Gasteiger charge is -1.98. The molecule has 0 aliphatic carbocycles. The Morgan fingerprint density at radius 1 is 0.722 bits per heavy atom. The van der Waals surface area contributed by atoms with Crippen molar-refractivity contribution in [1.29, 1.82) is 0 Å². The molecule has 0 bridgehead atoms. The smallest absolute Gasteiger partial charge is 0.0352 e. The van der Waals surface area contributed by atoms with Crippen molar-refractivity contribution in [2.24, 2.45) is 0 Å². The SMILES string of the molecule is [CH2]c1sc(-c2ccccc2)cc1-c1ccccc1. The molecule has 1 aromatic heterocycles. The van der Waals surface area contributed by atoms with Gasteiger partial charge < -0.3 is 0 Å². The number of hydrogen-bond donors (Lipinski definition) is 0. The van der Waals surface area contributed by atoms with Crippen LogP contribution in [-0.2, 0) is 0 Å². The van der Waals surface area contributed by atoms with Gasteiger partial charge in [-0.05, 0) is 29.7 Å². The fourth-order valence-electron chi connectivity index (χ4n) is 2.04. The monoisotopic (exact) mass is 249 g/mol. The third kappa shape index (κ3) is 2.09. The molecule has 1 heterocycles.